The maximum absolute atomic E-state index is 5.84. The van der Waals surface area contributed by atoms with E-state index in [0.717, 1.165) is 37.3 Å². The second-order valence-electron chi connectivity index (χ2n) is 5.40. The Hall–Kier alpha value is -2.11. The predicted molar refractivity (Wildman–Crippen MR) is 89.9 cm³/mol. The average Bonchev–Trinajstić information content (AvgIpc) is 2.95. The first-order valence-electron chi connectivity index (χ1n) is 8.13. The number of nitrogens with two attached hydrogens (primary N) is 1. The summed E-state index contributed by atoms with van der Waals surface area (Å²) in [6, 6.07) is 5.90. The van der Waals surface area contributed by atoms with E-state index in [0.29, 0.717) is 12.5 Å². The second-order valence-corrected chi connectivity index (χ2v) is 5.40. The summed E-state index contributed by atoms with van der Waals surface area (Å²) in [4.78, 5) is 4.35. The summed E-state index contributed by atoms with van der Waals surface area (Å²) in [6.07, 6.45) is 8.67. The molecule has 2 aromatic heterocycles. The Balaban J connectivity index is 1.66. The molecule has 22 heavy (non-hydrogen) atoms. The first-order chi connectivity index (χ1) is 10.8. The van der Waals surface area contributed by atoms with Crippen molar-refractivity contribution in [3.05, 3.63) is 30.2 Å². The van der Waals surface area contributed by atoms with Gasteiger partial charge >= 0.3 is 0 Å². The van der Waals surface area contributed by atoms with Crippen LogP contribution in [0.5, 0.6) is 0 Å². The van der Waals surface area contributed by atoms with Gasteiger partial charge in [0.05, 0.1) is 0 Å². The van der Waals surface area contributed by atoms with E-state index in [1.807, 2.05) is 28.8 Å². The van der Waals surface area contributed by atoms with E-state index in [-0.39, 0.29) is 0 Å². The van der Waals surface area contributed by atoms with Crippen LogP contribution in [0.2, 0.25) is 0 Å². The van der Waals surface area contributed by atoms with Crippen LogP contribution in [0.25, 0.3) is 5.65 Å². The van der Waals surface area contributed by atoms with E-state index >= 15 is 0 Å². The van der Waals surface area contributed by atoms with Crippen LogP contribution in [-0.4, -0.2) is 33.6 Å². The van der Waals surface area contributed by atoms with E-state index in [4.69, 9.17) is 5.73 Å². The highest BCUT2D eigenvalue weighted by Crippen LogP contribution is 2.05. The van der Waals surface area contributed by atoms with Crippen molar-refractivity contribution in [2.75, 3.05) is 13.1 Å². The lowest BCUT2D eigenvalue weighted by molar-refractivity contribution is 0.651. The molecule has 0 aliphatic carbocycles. The molecule has 3 N–H and O–H groups in total. The Kier molecular flexibility index (Phi) is 6.67. The average molecular weight is 302 g/mol. The van der Waals surface area contributed by atoms with Crippen molar-refractivity contribution in [1.82, 2.24) is 19.9 Å². The van der Waals surface area contributed by atoms with Gasteiger partial charge in [0.25, 0.3) is 0 Å². The van der Waals surface area contributed by atoms with Crippen LogP contribution in [0.15, 0.2) is 29.4 Å². The monoisotopic (exact) mass is 302 g/mol. The van der Waals surface area contributed by atoms with Crippen molar-refractivity contribution in [1.29, 1.82) is 0 Å². The van der Waals surface area contributed by atoms with Crippen LogP contribution in [0, 0.1) is 0 Å². The predicted octanol–water partition coefficient (Wildman–Crippen LogP) is 2.15. The molecular weight excluding hydrogens is 276 g/mol. The molecule has 0 aromatic carbocycles. The molecule has 0 saturated carbocycles. The highest BCUT2D eigenvalue weighted by atomic mass is 15.2. The van der Waals surface area contributed by atoms with E-state index < -0.39 is 0 Å². The van der Waals surface area contributed by atoms with Crippen molar-refractivity contribution < 1.29 is 0 Å². The molecule has 120 valence electrons. The normalized spacial score (nSPS) is 12.0. The lowest BCUT2D eigenvalue weighted by atomic mass is 10.2. The summed E-state index contributed by atoms with van der Waals surface area (Å²) in [5, 5.41) is 11.5. The summed E-state index contributed by atoms with van der Waals surface area (Å²) in [5.41, 5.74) is 6.73. The molecule has 6 nitrogen and oxygen atoms in total. The minimum Gasteiger partial charge on any atom is -0.370 e. The minimum atomic E-state index is 0.544. The number of aromatic nitrogens is 3. The van der Waals surface area contributed by atoms with E-state index in [9.17, 15) is 0 Å². The van der Waals surface area contributed by atoms with E-state index in [2.05, 4.69) is 27.4 Å². The molecule has 0 unspecified atom stereocenters. The van der Waals surface area contributed by atoms with Crippen molar-refractivity contribution in [3.63, 3.8) is 0 Å². The smallest absolute Gasteiger partial charge is 0.188 e. The zero-order chi connectivity index (χ0) is 15.6. The first kappa shape index (κ1) is 16.3. The van der Waals surface area contributed by atoms with Crippen LogP contribution >= 0.6 is 0 Å². The van der Waals surface area contributed by atoms with Gasteiger partial charge in [-0.3, -0.25) is 9.39 Å². The zero-order valence-corrected chi connectivity index (χ0v) is 13.3. The van der Waals surface area contributed by atoms with Gasteiger partial charge in [-0.2, -0.15) is 0 Å². The fraction of sp³-hybridized carbons (Fsp3) is 0.562. The SMILES string of the molecule is CCCCCCNC(N)=NCCCc1nnc2ccccn12. The maximum atomic E-state index is 5.84. The van der Waals surface area contributed by atoms with Gasteiger partial charge in [0.15, 0.2) is 11.6 Å². The molecule has 0 aliphatic rings. The first-order valence-corrected chi connectivity index (χ1v) is 8.13. The van der Waals surface area contributed by atoms with Crippen molar-refractivity contribution >= 4 is 11.6 Å². The van der Waals surface area contributed by atoms with E-state index in [1.54, 1.807) is 0 Å². The topological polar surface area (TPSA) is 80.6 Å². The molecule has 0 amide bonds. The number of fused-ring (bicyclic) bond motifs is 1. The van der Waals surface area contributed by atoms with Gasteiger partial charge in [-0.1, -0.05) is 32.3 Å². The third-order valence-corrected chi connectivity index (χ3v) is 3.56. The Morgan fingerprint density at radius 1 is 1.23 bits per heavy atom. The molecule has 0 fully saturated rings. The number of hydrogen-bond donors (Lipinski definition) is 2. The fourth-order valence-corrected chi connectivity index (χ4v) is 2.32. The quantitative estimate of drug-likeness (QED) is 0.422. The van der Waals surface area contributed by atoms with Crippen LogP contribution in [0.4, 0.5) is 0 Å². The molecular formula is C16H26N6. The third-order valence-electron chi connectivity index (χ3n) is 3.56. The van der Waals surface area contributed by atoms with Crippen LogP contribution < -0.4 is 11.1 Å². The summed E-state index contributed by atoms with van der Waals surface area (Å²) in [6.45, 7) is 3.82. The minimum absolute atomic E-state index is 0.544. The van der Waals surface area contributed by atoms with Gasteiger partial charge in [-0.05, 0) is 25.0 Å². The number of rotatable bonds is 9. The van der Waals surface area contributed by atoms with Crippen molar-refractivity contribution in [2.45, 2.75) is 45.4 Å². The highest BCUT2D eigenvalue weighted by Gasteiger charge is 2.03. The van der Waals surface area contributed by atoms with Gasteiger partial charge in [-0.15, -0.1) is 10.2 Å². The fourth-order valence-electron chi connectivity index (χ4n) is 2.32. The summed E-state index contributed by atoms with van der Waals surface area (Å²) < 4.78 is 2.01. The largest absolute Gasteiger partial charge is 0.370 e. The standard InChI is InChI=1S/C16H26N6/c1-2-3-4-6-11-18-16(17)19-12-8-10-15-21-20-14-9-5-7-13-22(14)15/h5,7,9,13H,2-4,6,8,10-12H2,1H3,(H3,17,18,19). The van der Waals surface area contributed by atoms with Crippen LogP contribution in [0.1, 0.15) is 44.9 Å². The third kappa shape index (κ3) is 5.02. The molecule has 0 radical (unpaired) electrons. The van der Waals surface area contributed by atoms with Gasteiger partial charge < -0.3 is 11.1 Å². The van der Waals surface area contributed by atoms with Gasteiger partial charge in [-0.25, -0.2) is 0 Å². The van der Waals surface area contributed by atoms with Crippen LogP contribution in [0.3, 0.4) is 0 Å². The molecule has 0 atom stereocenters. The number of unbranched alkanes of at least 4 members (excludes halogenated alkanes) is 3. The molecule has 0 spiro atoms. The van der Waals surface area contributed by atoms with Gasteiger partial charge in [0.2, 0.25) is 0 Å². The lowest BCUT2D eigenvalue weighted by Crippen LogP contribution is -2.32. The molecule has 0 saturated heterocycles. The second kappa shape index (κ2) is 9.02. The number of nitrogens with zero attached hydrogens (tertiary/aromatic N) is 4. The Bertz CT molecular complexity index is 589. The van der Waals surface area contributed by atoms with Crippen molar-refractivity contribution in [2.24, 2.45) is 10.7 Å². The maximum Gasteiger partial charge on any atom is 0.188 e. The summed E-state index contributed by atoms with van der Waals surface area (Å²) in [7, 11) is 0. The lowest BCUT2D eigenvalue weighted by Gasteiger charge is -2.05. The summed E-state index contributed by atoms with van der Waals surface area (Å²) >= 11 is 0. The van der Waals surface area contributed by atoms with Crippen LogP contribution in [-0.2, 0) is 6.42 Å². The van der Waals surface area contributed by atoms with Crippen molar-refractivity contribution in [3.8, 4) is 0 Å². The zero-order valence-electron chi connectivity index (χ0n) is 13.3. The number of nitrogens with one attached hydrogen (secondary N) is 1. The summed E-state index contributed by atoms with van der Waals surface area (Å²) in [5.74, 6) is 1.51. The molecule has 2 aromatic rings. The Morgan fingerprint density at radius 3 is 3.00 bits per heavy atom. The van der Waals surface area contributed by atoms with Gasteiger partial charge in [0.1, 0.15) is 5.82 Å². The number of guanidine groups is 1. The highest BCUT2D eigenvalue weighted by molar-refractivity contribution is 5.77. The number of aliphatic imine (C=N–C) groups is 1. The molecule has 2 rings (SSSR count). The Labute approximate surface area is 131 Å². The number of pyridine rings is 1. The number of aryl methyl sites for hydroxylation is 1. The number of hydrogen-bond acceptors (Lipinski definition) is 3. The molecule has 0 aliphatic heterocycles. The molecule has 6 heteroatoms. The molecule has 2 heterocycles. The molecule has 0 bridgehead atoms. The Morgan fingerprint density at radius 2 is 2.14 bits per heavy atom. The van der Waals surface area contributed by atoms with Gasteiger partial charge in [0, 0.05) is 25.7 Å². The van der Waals surface area contributed by atoms with E-state index in [1.165, 1.54) is 19.3 Å².